The molecule has 0 bridgehead atoms. The van der Waals surface area contributed by atoms with Gasteiger partial charge in [-0.3, -0.25) is 4.79 Å². The maximum Gasteiger partial charge on any atom is 0.225 e. The van der Waals surface area contributed by atoms with E-state index in [0.717, 1.165) is 10.2 Å². The summed E-state index contributed by atoms with van der Waals surface area (Å²) in [6, 6.07) is 7.34. The molecule has 0 spiro atoms. The largest absolute Gasteiger partial charge is 0.302 e. The first kappa shape index (κ1) is 10.6. The summed E-state index contributed by atoms with van der Waals surface area (Å²) < 4.78 is 0.908. The first-order valence-electron chi connectivity index (χ1n) is 4.83. The van der Waals surface area contributed by atoms with Crippen molar-refractivity contribution in [1.29, 1.82) is 5.26 Å². The van der Waals surface area contributed by atoms with E-state index in [1.807, 2.05) is 0 Å². The Hall–Kier alpha value is -1.93. The molecule has 0 aliphatic heterocycles. The fraction of sp³-hybridized carbons (Fsp3) is 0.182. The highest BCUT2D eigenvalue weighted by molar-refractivity contribution is 7.22. The molecular formula is C11H9N3OS. The second kappa shape index (κ2) is 4.29. The lowest BCUT2D eigenvalue weighted by Gasteiger charge is -1.95. The van der Waals surface area contributed by atoms with Crippen LogP contribution in [0.3, 0.4) is 0 Å². The van der Waals surface area contributed by atoms with Crippen molar-refractivity contribution in [2.75, 3.05) is 5.32 Å². The van der Waals surface area contributed by atoms with Crippen LogP contribution >= 0.6 is 11.3 Å². The lowest BCUT2D eigenvalue weighted by Crippen LogP contribution is -2.08. The number of nitrogens with zero attached hydrogens (tertiary/aromatic N) is 2. The molecule has 16 heavy (non-hydrogen) atoms. The molecule has 0 saturated heterocycles. The smallest absolute Gasteiger partial charge is 0.225 e. The van der Waals surface area contributed by atoms with E-state index < -0.39 is 0 Å². The van der Waals surface area contributed by atoms with Gasteiger partial charge in [0.2, 0.25) is 5.91 Å². The van der Waals surface area contributed by atoms with E-state index in [9.17, 15) is 4.79 Å². The maximum absolute atomic E-state index is 11.2. The number of hydrogen-bond acceptors (Lipinski definition) is 4. The number of nitriles is 1. The zero-order valence-corrected chi connectivity index (χ0v) is 9.47. The van der Waals surface area contributed by atoms with Gasteiger partial charge in [-0.25, -0.2) is 4.98 Å². The molecule has 0 aliphatic rings. The van der Waals surface area contributed by atoms with Crippen LogP contribution < -0.4 is 5.32 Å². The predicted octanol–water partition coefficient (Wildman–Crippen LogP) is 2.52. The second-order valence-electron chi connectivity index (χ2n) is 3.22. The zero-order valence-electron chi connectivity index (χ0n) is 8.65. The molecule has 5 heteroatoms. The van der Waals surface area contributed by atoms with Crippen LogP contribution in [0.4, 0.5) is 5.13 Å². The summed E-state index contributed by atoms with van der Waals surface area (Å²) in [6.45, 7) is 1.79. The van der Waals surface area contributed by atoms with Crippen LogP contribution in [0, 0.1) is 11.3 Å². The summed E-state index contributed by atoms with van der Waals surface area (Å²) in [5.74, 6) is -0.0560. The molecule has 0 radical (unpaired) electrons. The van der Waals surface area contributed by atoms with Gasteiger partial charge in [0.1, 0.15) is 0 Å². The van der Waals surface area contributed by atoms with Crippen LogP contribution in [-0.2, 0) is 4.79 Å². The average molecular weight is 231 g/mol. The van der Waals surface area contributed by atoms with E-state index in [4.69, 9.17) is 5.26 Å². The molecule has 2 aromatic rings. The van der Waals surface area contributed by atoms with E-state index in [0.29, 0.717) is 17.1 Å². The van der Waals surface area contributed by atoms with E-state index in [-0.39, 0.29) is 5.91 Å². The number of thiazole rings is 1. The maximum atomic E-state index is 11.2. The lowest BCUT2D eigenvalue weighted by atomic mass is 10.2. The minimum Gasteiger partial charge on any atom is -0.302 e. The van der Waals surface area contributed by atoms with Gasteiger partial charge in [-0.1, -0.05) is 18.3 Å². The third-order valence-corrected chi connectivity index (χ3v) is 3.02. The molecule has 0 unspecified atom stereocenters. The van der Waals surface area contributed by atoms with Crippen molar-refractivity contribution in [1.82, 2.24) is 4.98 Å². The SMILES string of the molecule is CCC(=O)Nc1nc2ccc(C#N)cc2s1. The molecule has 0 saturated carbocycles. The van der Waals surface area contributed by atoms with Gasteiger partial charge in [-0.2, -0.15) is 5.26 Å². The van der Waals surface area contributed by atoms with Crippen molar-refractivity contribution in [2.24, 2.45) is 0 Å². The van der Waals surface area contributed by atoms with Crippen molar-refractivity contribution in [2.45, 2.75) is 13.3 Å². The highest BCUT2D eigenvalue weighted by Gasteiger charge is 2.06. The van der Waals surface area contributed by atoms with E-state index in [1.54, 1.807) is 25.1 Å². The van der Waals surface area contributed by atoms with E-state index >= 15 is 0 Å². The standard InChI is InChI=1S/C11H9N3OS/c1-2-10(15)14-11-13-8-4-3-7(6-12)5-9(8)16-11/h3-5H,2H2,1H3,(H,13,14,15). The Morgan fingerprint density at radius 2 is 2.44 bits per heavy atom. The fourth-order valence-corrected chi connectivity index (χ4v) is 2.18. The van der Waals surface area contributed by atoms with Crippen molar-refractivity contribution < 1.29 is 4.79 Å². The Bertz CT molecular complexity index is 582. The van der Waals surface area contributed by atoms with E-state index in [1.165, 1.54) is 11.3 Å². The van der Waals surface area contributed by atoms with Crippen molar-refractivity contribution in [3.63, 3.8) is 0 Å². The van der Waals surface area contributed by atoms with Gasteiger partial charge in [0, 0.05) is 6.42 Å². The average Bonchev–Trinajstić information content (AvgIpc) is 2.69. The van der Waals surface area contributed by atoms with Gasteiger partial charge in [-0.15, -0.1) is 0 Å². The van der Waals surface area contributed by atoms with Gasteiger partial charge >= 0.3 is 0 Å². The van der Waals surface area contributed by atoms with Gasteiger partial charge < -0.3 is 5.32 Å². The van der Waals surface area contributed by atoms with Crippen LogP contribution in [0.2, 0.25) is 0 Å². The Labute approximate surface area is 96.5 Å². The predicted molar refractivity (Wildman–Crippen MR) is 63.3 cm³/mol. The summed E-state index contributed by atoms with van der Waals surface area (Å²) in [6.07, 6.45) is 0.430. The highest BCUT2D eigenvalue weighted by Crippen LogP contribution is 2.26. The number of aromatic nitrogens is 1. The molecule has 1 aromatic heterocycles. The van der Waals surface area contributed by atoms with Crippen molar-refractivity contribution in [3.8, 4) is 6.07 Å². The first-order chi connectivity index (χ1) is 7.72. The summed E-state index contributed by atoms with van der Waals surface area (Å²) in [7, 11) is 0. The van der Waals surface area contributed by atoms with Gasteiger partial charge in [0.05, 0.1) is 21.8 Å². The Morgan fingerprint density at radius 1 is 1.62 bits per heavy atom. The van der Waals surface area contributed by atoms with Crippen LogP contribution in [-0.4, -0.2) is 10.9 Å². The summed E-state index contributed by atoms with van der Waals surface area (Å²) in [5, 5.41) is 12.0. The van der Waals surface area contributed by atoms with Gasteiger partial charge in [-0.05, 0) is 18.2 Å². The van der Waals surface area contributed by atoms with Crippen LogP contribution in [0.15, 0.2) is 18.2 Å². The third-order valence-electron chi connectivity index (χ3n) is 2.09. The molecule has 0 fully saturated rings. The Kier molecular flexibility index (Phi) is 2.84. The summed E-state index contributed by atoms with van der Waals surface area (Å²) >= 11 is 1.38. The quantitative estimate of drug-likeness (QED) is 0.863. The number of anilines is 1. The number of nitrogens with one attached hydrogen (secondary N) is 1. The lowest BCUT2D eigenvalue weighted by molar-refractivity contribution is -0.115. The highest BCUT2D eigenvalue weighted by atomic mass is 32.1. The van der Waals surface area contributed by atoms with Crippen LogP contribution in [0.5, 0.6) is 0 Å². The molecule has 1 N–H and O–H groups in total. The molecule has 1 amide bonds. The number of fused-ring (bicyclic) bond motifs is 1. The normalized spacial score (nSPS) is 10.0. The van der Waals surface area contributed by atoms with E-state index in [2.05, 4.69) is 16.4 Å². The monoisotopic (exact) mass is 231 g/mol. The Balaban J connectivity index is 2.37. The zero-order chi connectivity index (χ0) is 11.5. The summed E-state index contributed by atoms with van der Waals surface area (Å²) in [4.78, 5) is 15.4. The number of benzene rings is 1. The molecule has 1 aromatic carbocycles. The number of hydrogen-bond donors (Lipinski definition) is 1. The topological polar surface area (TPSA) is 65.8 Å². The van der Waals surface area contributed by atoms with Gasteiger partial charge in [0.25, 0.3) is 0 Å². The molecule has 1 heterocycles. The minimum absolute atomic E-state index is 0.0560. The number of carbonyl (C=O) groups excluding carboxylic acids is 1. The van der Waals surface area contributed by atoms with Crippen molar-refractivity contribution in [3.05, 3.63) is 23.8 Å². The molecule has 0 atom stereocenters. The van der Waals surface area contributed by atoms with Gasteiger partial charge in [0.15, 0.2) is 5.13 Å². The fourth-order valence-electron chi connectivity index (χ4n) is 1.26. The summed E-state index contributed by atoms with van der Waals surface area (Å²) in [5.41, 5.74) is 1.40. The molecular weight excluding hydrogens is 222 g/mol. The third kappa shape index (κ3) is 2.02. The molecule has 2 rings (SSSR count). The number of carbonyl (C=O) groups is 1. The molecule has 4 nitrogen and oxygen atoms in total. The molecule has 80 valence electrons. The number of rotatable bonds is 2. The minimum atomic E-state index is -0.0560. The van der Waals surface area contributed by atoms with Crippen molar-refractivity contribution >= 4 is 32.6 Å². The first-order valence-corrected chi connectivity index (χ1v) is 5.65. The second-order valence-corrected chi connectivity index (χ2v) is 4.25. The number of amides is 1. The molecule has 0 aliphatic carbocycles. The Morgan fingerprint density at radius 3 is 3.12 bits per heavy atom. The van der Waals surface area contributed by atoms with Crippen LogP contribution in [0.1, 0.15) is 18.9 Å². The van der Waals surface area contributed by atoms with Crippen LogP contribution in [0.25, 0.3) is 10.2 Å².